The number of Topliss-reactive ketones (excluding diaryl/α,β-unsaturated/α-hetero) is 2. The molecule has 3 aromatic rings. The number of aliphatic hydroxyl groups is 3. The lowest BCUT2D eigenvalue weighted by atomic mass is 9.58. The molecule has 0 spiro atoms. The third-order valence-corrected chi connectivity index (χ3v) is 11.0. The number of likely N-dealkylation sites (N-methyl/N-ethyl adjacent to an activating group) is 1. The van der Waals surface area contributed by atoms with E-state index in [4.69, 9.17) is 15.2 Å². The zero-order valence-electron chi connectivity index (χ0n) is 33.5. The van der Waals surface area contributed by atoms with Crippen molar-refractivity contribution in [2.45, 2.75) is 50.8 Å². The molecule has 2 aromatic carbocycles. The van der Waals surface area contributed by atoms with Crippen LogP contribution in [0.2, 0.25) is 0 Å². The Kier molecular flexibility index (Phi) is 10.9. The highest BCUT2D eigenvalue weighted by Crippen LogP contribution is 2.54. The molecule has 59 heavy (non-hydrogen) atoms. The number of pyridine rings is 1. The minimum absolute atomic E-state index is 0.00656. The first-order valence-corrected chi connectivity index (χ1v) is 18.6. The summed E-state index contributed by atoms with van der Waals surface area (Å²) in [5.41, 5.74) is 1.05. The quantitative estimate of drug-likeness (QED) is 0.0785. The molecule has 0 unspecified atom stereocenters. The summed E-state index contributed by atoms with van der Waals surface area (Å²) in [6, 6.07) is 10.6. The van der Waals surface area contributed by atoms with Crippen LogP contribution in [0.25, 0.3) is 10.9 Å². The second-order valence-electron chi connectivity index (χ2n) is 16.2. The fraction of sp³-hybridized carbons (Fsp3) is 0.390. The molecule has 3 amide bonds. The molecule has 0 saturated carbocycles. The van der Waals surface area contributed by atoms with E-state index in [1.807, 2.05) is 12.1 Å². The molecule has 312 valence electrons. The highest BCUT2D eigenvalue weighted by molar-refractivity contribution is 6.25. The SMILES string of the molecule is CN(C)c1cc(NC(=O)CN(C(=O)OCOC(=O)c2ccc3ccccc3n2)C(C)(C)C)c(O)c2c1C[C@H]1C[C@H]3[C@H](N(C)C)C(O)=C(C(N)=O)C(=O)[C@@]3(O)C(O)=C1C2=O. The molecule has 0 radical (unpaired) electrons. The number of anilines is 2. The Labute approximate surface area is 338 Å². The van der Waals surface area contributed by atoms with Gasteiger partial charge >= 0.3 is 12.1 Å². The maximum absolute atomic E-state index is 14.4. The number of ether oxygens (including phenoxy) is 2. The third kappa shape index (κ3) is 7.29. The highest BCUT2D eigenvalue weighted by atomic mass is 16.7. The number of nitrogens with zero attached hydrogens (tertiary/aromatic N) is 4. The number of fused-ring (bicyclic) bond motifs is 4. The molecule has 7 N–H and O–H groups in total. The number of nitrogens with one attached hydrogen (secondary N) is 1. The zero-order chi connectivity index (χ0) is 43.5. The Morgan fingerprint density at radius 3 is 2.31 bits per heavy atom. The lowest BCUT2D eigenvalue weighted by molar-refractivity contribution is -0.148. The number of hydrogen-bond acceptors (Lipinski definition) is 15. The molecular weight excluding hydrogens is 768 g/mol. The van der Waals surface area contributed by atoms with E-state index in [-0.39, 0.29) is 35.4 Å². The van der Waals surface area contributed by atoms with Gasteiger partial charge in [-0.1, -0.05) is 24.3 Å². The van der Waals surface area contributed by atoms with Crippen LogP contribution in [0.5, 0.6) is 5.75 Å². The number of amides is 3. The standard InChI is InChI=1S/C41H46N6O12/c1-40(2,3)47(39(56)59-18-58-38(55)24-13-12-19-10-8-9-11-23(19)43-24)17-27(48)44-25-16-26(45(4)5)21-14-20-15-22-31(46(6)7)34(51)30(37(42)54)36(53)41(22,57)35(52)28(20)33(50)29(21)32(25)49/h8-13,16,20,22,31,49,51-52,57H,14-15,17-18H2,1-7H3,(H2,42,54)(H,44,48)/t20-,22-,31-,41-/m0/s1. The Hall–Kier alpha value is -6.53. The van der Waals surface area contributed by atoms with Gasteiger partial charge in [-0.15, -0.1) is 0 Å². The van der Waals surface area contributed by atoms with E-state index in [1.54, 1.807) is 58.0 Å². The number of allylic oxidation sites excluding steroid dienone is 1. The number of carbonyl (C=O) groups excluding carboxylic acids is 6. The minimum atomic E-state index is -2.83. The minimum Gasteiger partial charge on any atom is -0.510 e. The number of primary amides is 1. The smallest absolute Gasteiger partial charge is 0.413 e. The van der Waals surface area contributed by atoms with E-state index < -0.39 is 101 Å². The van der Waals surface area contributed by atoms with Gasteiger partial charge in [0.25, 0.3) is 5.91 Å². The normalized spacial score (nSPS) is 21.4. The van der Waals surface area contributed by atoms with Crippen LogP contribution >= 0.6 is 0 Å². The van der Waals surface area contributed by atoms with Crippen molar-refractivity contribution in [1.29, 1.82) is 0 Å². The molecule has 0 saturated heterocycles. The number of ketones is 2. The second-order valence-corrected chi connectivity index (χ2v) is 16.2. The Balaban J connectivity index is 1.25. The van der Waals surface area contributed by atoms with Crippen LogP contribution in [0.3, 0.4) is 0 Å². The van der Waals surface area contributed by atoms with Crippen molar-refractivity contribution in [1.82, 2.24) is 14.8 Å². The fourth-order valence-corrected chi connectivity index (χ4v) is 8.17. The molecule has 3 aliphatic carbocycles. The van der Waals surface area contributed by atoms with Gasteiger partial charge in [0.05, 0.1) is 22.8 Å². The number of nitrogens with two attached hydrogens (primary N) is 1. The lowest BCUT2D eigenvalue weighted by Gasteiger charge is -2.50. The maximum atomic E-state index is 14.4. The van der Waals surface area contributed by atoms with Gasteiger partial charge in [-0.3, -0.25) is 29.0 Å². The summed E-state index contributed by atoms with van der Waals surface area (Å²) in [4.78, 5) is 88.3. The van der Waals surface area contributed by atoms with Crippen molar-refractivity contribution in [3.63, 3.8) is 0 Å². The molecule has 0 aliphatic heterocycles. The molecule has 1 aromatic heterocycles. The number of para-hydroxylation sites is 1. The van der Waals surface area contributed by atoms with Gasteiger partial charge in [0.15, 0.2) is 17.1 Å². The molecule has 0 fully saturated rings. The first-order chi connectivity index (χ1) is 27.6. The average molecular weight is 815 g/mol. The number of aromatic nitrogens is 1. The van der Waals surface area contributed by atoms with E-state index in [2.05, 4.69) is 10.3 Å². The average Bonchev–Trinajstić information content (AvgIpc) is 3.15. The Morgan fingerprint density at radius 1 is 1.00 bits per heavy atom. The van der Waals surface area contributed by atoms with E-state index in [1.165, 1.54) is 31.1 Å². The van der Waals surface area contributed by atoms with Gasteiger partial charge in [0, 0.05) is 42.2 Å². The van der Waals surface area contributed by atoms with Crippen LogP contribution in [-0.2, 0) is 30.3 Å². The van der Waals surface area contributed by atoms with Crippen LogP contribution in [0, 0.1) is 11.8 Å². The van der Waals surface area contributed by atoms with Crippen molar-refractivity contribution in [2.24, 2.45) is 17.6 Å². The maximum Gasteiger partial charge on any atom is 0.413 e. The van der Waals surface area contributed by atoms with Crippen LogP contribution < -0.4 is 16.0 Å². The number of phenols is 1. The number of aromatic hydroxyl groups is 1. The number of rotatable bonds is 9. The third-order valence-electron chi connectivity index (χ3n) is 11.0. The van der Waals surface area contributed by atoms with Crippen LogP contribution in [0.4, 0.5) is 16.2 Å². The van der Waals surface area contributed by atoms with E-state index in [0.29, 0.717) is 16.8 Å². The summed E-state index contributed by atoms with van der Waals surface area (Å²) in [5, 5.41) is 49.6. The highest BCUT2D eigenvalue weighted by Gasteiger charge is 2.63. The van der Waals surface area contributed by atoms with E-state index in [9.17, 15) is 49.2 Å². The monoisotopic (exact) mass is 814 g/mol. The van der Waals surface area contributed by atoms with Gasteiger partial charge in [0.2, 0.25) is 18.5 Å². The number of carbonyl (C=O) groups is 6. The van der Waals surface area contributed by atoms with Gasteiger partial charge in [-0.2, -0.15) is 0 Å². The Morgan fingerprint density at radius 2 is 1.68 bits per heavy atom. The van der Waals surface area contributed by atoms with Crippen molar-refractivity contribution in [3.05, 3.63) is 81.9 Å². The number of phenolic OH excluding ortho intramolecular Hbond substituents is 1. The largest absolute Gasteiger partial charge is 0.510 e. The lowest BCUT2D eigenvalue weighted by Crippen LogP contribution is -2.63. The van der Waals surface area contributed by atoms with Gasteiger partial charge in [0.1, 0.15) is 29.3 Å². The van der Waals surface area contributed by atoms with Crippen LogP contribution in [-0.4, -0.2) is 129 Å². The summed E-state index contributed by atoms with van der Waals surface area (Å²) in [7, 11) is 6.42. The predicted molar refractivity (Wildman–Crippen MR) is 212 cm³/mol. The van der Waals surface area contributed by atoms with E-state index >= 15 is 0 Å². The molecule has 6 rings (SSSR count). The number of aliphatic hydroxyl groups excluding tert-OH is 2. The summed E-state index contributed by atoms with van der Waals surface area (Å²) >= 11 is 0. The van der Waals surface area contributed by atoms with Crippen molar-refractivity contribution in [2.75, 3.05) is 51.7 Å². The summed E-state index contributed by atoms with van der Waals surface area (Å²) in [6.45, 7) is 3.48. The summed E-state index contributed by atoms with van der Waals surface area (Å²) < 4.78 is 10.3. The molecule has 18 nitrogen and oxygen atoms in total. The fourth-order valence-electron chi connectivity index (χ4n) is 8.17. The van der Waals surface area contributed by atoms with E-state index in [0.717, 1.165) is 10.3 Å². The van der Waals surface area contributed by atoms with Gasteiger partial charge in [-0.05, 0) is 77.4 Å². The van der Waals surface area contributed by atoms with Gasteiger partial charge < -0.3 is 45.9 Å². The number of hydrogen-bond donors (Lipinski definition) is 6. The second kappa shape index (κ2) is 15.3. The van der Waals surface area contributed by atoms with Crippen LogP contribution in [0.15, 0.2) is 65.1 Å². The molecule has 3 aliphatic rings. The zero-order valence-corrected chi connectivity index (χ0v) is 33.5. The Bertz CT molecular complexity index is 2380. The molecule has 4 atom stereocenters. The first-order valence-electron chi connectivity index (χ1n) is 18.6. The first kappa shape index (κ1) is 42.1. The molecule has 0 bridgehead atoms. The predicted octanol–water partition coefficient (Wildman–Crippen LogP) is 2.72. The van der Waals surface area contributed by atoms with Crippen molar-refractivity contribution < 1.29 is 58.7 Å². The van der Waals surface area contributed by atoms with Crippen LogP contribution in [0.1, 0.15) is 53.6 Å². The number of esters is 1. The summed E-state index contributed by atoms with van der Waals surface area (Å²) in [5.74, 6) is -9.72. The topological polar surface area (TPSA) is 262 Å². The summed E-state index contributed by atoms with van der Waals surface area (Å²) in [6.07, 6.45) is -1.09. The van der Waals surface area contributed by atoms with Gasteiger partial charge in [-0.25, -0.2) is 14.6 Å². The van der Waals surface area contributed by atoms with Crippen molar-refractivity contribution in [3.8, 4) is 5.75 Å². The molecular formula is C41H46N6O12. The molecule has 18 heteroatoms. The van der Waals surface area contributed by atoms with Crippen molar-refractivity contribution >= 4 is 57.7 Å². The number of benzene rings is 2. The molecule has 1 heterocycles.